The van der Waals surface area contributed by atoms with Gasteiger partial charge in [-0.25, -0.2) is 0 Å². The van der Waals surface area contributed by atoms with Crippen LogP contribution in [0.3, 0.4) is 0 Å². The molecule has 8 rings (SSSR count). The van der Waals surface area contributed by atoms with Crippen molar-refractivity contribution in [2.45, 2.75) is 39.5 Å². The van der Waals surface area contributed by atoms with Crippen molar-refractivity contribution in [1.82, 2.24) is 0 Å². The van der Waals surface area contributed by atoms with Crippen molar-refractivity contribution in [1.29, 1.82) is 0 Å². The molecule has 0 N–H and O–H groups in total. The van der Waals surface area contributed by atoms with Crippen molar-refractivity contribution in [3.63, 3.8) is 0 Å². The van der Waals surface area contributed by atoms with Gasteiger partial charge in [0.2, 0.25) is 0 Å². The third kappa shape index (κ3) is 4.13. The van der Waals surface area contributed by atoms with Crippen LogP contribution in [0.15, 0.2) is 145 Å². The summed E-state index contributed by atoms with van der Waals surface area (Å²) in [5.41, 5.74) is 7.81. The fourth-order valence-corrected chi connectivity index (χ4v) is 12.3. The topological polar surface area (TPSA) is 6.48 Å². The van der Waals surface area contributed by atoms with Gasteiger partial charge in [-0.1, -0.05) is 141 Å². The van der Waals surface area contributed by atoms with Crippen LogP contribution in [0.4, 0.5) is 11.4 Å². The Morgan fingerprint density at radius 3 is 1.84 bits per heavy atom. The van der Waals surface area contributed by atoms with E-state index in [1.165, 1.54) is 28.1 Å². The molecule has 2 aromatic rings. The lowest BCUT2D eigenvalue weighted by Crippen LogP contribution is -2.65. The van der Waals surface area contributed by atoms with Crippen LogP contribution < -0.4 is 9.80 Å². The Hall–Kier alpha value is -4.04. The van der Waals surface area contributed by atoms with Crippen molar-refractivity contribution in [2.75, 3.05) is 38.0 Å². The first kappa shape index (κ1) is 32.2. The summed E-state index contributed by atoms with van der Waals surface area (Å²) in [5.74, 6) is 2.50. The number of fused-ring (bicyclic) bond motifs is 8. The number of hydrogen-bond acceptors (Lipinski definition) is 2. The monoisotopic (exact) mass is 646 g/mol. The van der Waals surface area contributed by atoms with Gasteiger partial charge in [0.1, 0.15) is 0 Å². The van der Waals surface area contributed by atoms with Crippen LogP contribution in [0.1, 0.15) is 45.2 Å². The van der Waals surface area contributed by atoms with Crippen molar-refractivity contribution in [2.24, 2.45) is 51.8 Å². The molecule has 0 aromatic heterocycles. The number of allylic oxidation sites excluding steroid dienone is 16. The highest BCUT2D eigenvalue weighted by Crippen LogP contribution is 2.80. The Labute approximate surface area is 295 Å². The molecular formula is C47H54N2. The quantitative estimate of drug-likeness (QED) is 0.308. The molecule has 0 radical (unpaired) electrons. The predicted octanol–water partition coefficient (Wildman–Crippen LogP) is 10.5. The van der Waals surface area contributed by atoms with E-state index in [9.17, 15) is 0 Å². The second-order valence-corrected chi connectivity index (χ2v) is 16.8. The molecular weight excluding hydrogens is 593 g/mol. The number of anilines is 2. The summed E-state index contributed by atoms with van der Waals surface area (Å²) in [5, 5.41) is 0. The summed E-state index contributed by atoms with van der Waals surface area (Å²) >= 11 is 0. The largest absolute Gasteiger partial charge is 0.378 e. The molecule has 9 unspecified atom stereocenters. The third-order valence-electron chi connectivity index (χ3n) is 14.7. The van der Waals surface area contributed by atoms with Crippen LogP contribution in [0.25, 0.3) is 0 Å². The minimum Gasteiger partial charge on any atom is -0.378 e. The van der Waals surface area contributed by atoms with E-state index in [-0.39, 0.29) is 27.6 Å². The van der Waals surface area contributed by atoms with Crippen molar-refractivity contribution >= 4 is 11.4 Å². The maximum atomic E-state index is 2.74. The molecule has 2 fully saturated rings. The van der Waals surface area contributed by atoms with Crippen LogP contribution in [0, 0.1) is 51.8 Å². The average Bonchev–Trinajstić information content (AvgIpc) is 3.74. The van der Waals surface area contributed by atoms with Crippen LogP contribution >= 0.6 is 0 Å². The molecule has 2 nitrogen and oxygen atoms in total. The zero-order valence-corrected chi connectivity index (χ0v) is 30.8. The maximum absolute atomic E-state index is 2.74. The van der Waals surface area contributed by atoms with E-state index in [1.54, 1.807) is 5.57 Å². The maximum Gasteiger partial charge on any atom is 0.0456 e. The molecule has 2 heteroatoms. The highest BCUT2D eigenvalue weighted by molar-refractivity contribution is 5.61. The van der Waals surface area contributed by atoms with E-state index < -0.39 is 0 Å². The highest BCUT2D eigenvalue weighted by atomic mass is 15.1. The lowest BCUT2D eigenvalue weighted by atomic mass is 9.34. The van der Waals surface area contributed by atoms with Gasteiger partial charge < -0.3 is 9.80 Å². The van der Waals surface area contributed by atoms with Crippen molar-refractivity contribution in [3.05, 3.63) is 156 Å². The molecule has 2 aromatic carbocycles. The Morgan fingerprint density at radius 2 is 1.24 bits per heavy atom. The Balaban J connectivity index is 1.50. The molecule has 49 heavy (non-hydrogen) atoms. The summed E-state index contributed by atoms with van der Waals surface area (Å²) in [6.45, 7) is 10.4. The zero-order chi connectivity index (χ0) is 34.3. The van der Waals surface area contributed by atoms with E-state index in [0.29, 0.717) is 29.6 Å². The minimum absolute atomic E-state index is 0.0381. The van der Waals surface area contributed by atoms with Crippen LogP contribution in [0.2, 0.25) is 0 Å². The van der Waals surface area contributed by atoms with Gasteiger partial charge in [0, 0.05) is 55.8 Å². The van der Waals surface area contributed by atoms with Gasteiger partial charge in [-0.05, 0) is 89.7 Å². The van der Waals surface area contributed by atoms with Crippen LogP contribution in [-0.2, 0) is 5.41 Å². The minimum atomic E-state index is -0.354. The van der Waals surface area contributed by atoms with Gasteiger partial charge in [0.25, 0.3) is 0 Å². The SMILES string of the molecule is CC1=CC=CC2C1C1C3C=CC=CC3C3(C)C=CC=CC3(C)C1(C)C2C(C1=CC=CC1)(c1ccc(N(C)C)cc1)c1ccc(N(C)C)cc1. The summed E-state index contributed by atoms with van der Waals surface area (Å²) in [6.07, 6.45) is 35.4. The first-order valence-electron chi connectivity index (χ1n) is 18.5. The van der Waals surface area contributed by atoms with Crippen molar-refractivity contribution in [3.8, 4) is 0 Å². The van der Waals surface area contributed by atoms with Crippen molar-refractivity contribution < 1.29 is 0 Å². The molecule has 0 heterocycles. The van der Waals surface area contributed by atoms with Gasteiger partial charge in [-0.15, -0.1) is 0 Å². The number of benzene rings is 2. The molecule has 6 aliphatic carbocycles. The molecule has 0 aliphatic heterocycles. The fraction of sp³-hybridized carbons (Fsp3) is 0.404. The first-order chi connectivity index (χ1) is 23.5. The van der Waals surface area contributed by atoms with E-state index in [2.05, 4.69) is 199 Å². The normalized spacial score (nSPS) is 36.5. The zero-order valence-electron chi connectivity index (χ0n) is 30.8. The third-order valence-corrected chi connectivity index (χ3v) is 14.7. The second-order valence-electron chi connectivity index (χ2n) is 16.8. The van der Waals surface area contributed by atoms with Gasteiger partial charge in [-0.2, -0.15) is 0 Å². The molecule has 0 amide bonds. The fourth-order valence-electron chi connectivity index (χ4n) is 12.3. The number of hydrogen-bond donors (Lipinski definition) is 0. The van der Waals surface area contributed by atoms with Crippen LogP contribution in [-0.4, -0.2) is 28.2 Å². The lowest BCUT2D eigenvalue weighted by Gasteiger charge is -2.69. The van der Waals surface area contributed by atoms with E-state index in [4.69, 9.17) is 0 Å². The smallest absolute Gasteiger partial charge is 0.0456 e. The Kier molecular flexibility index (Phi) is 7.38. The summed E-state index contributed by atoms with van der Waals surface area (Å²) < 4.78 is 0. The van der Waals surface area contributed by atoms with E-state index in [1.807, 2.05) is 0 Å². The first-order valence-corrected chi connectivity index (χ1v) is 18.5. The van der Waals surface area contributed by atoms with Crippen LogP contribution in [0.5, 0.6) is 0 Å². The summed E-state index contributed by atoms with van der Waals surface area (Å²) in [4.78, 5) is 4.45. The Morgan fingerprint density at radius 1 is 0.653 bits per heavy atom. The number of rotatable bonds is 6. The standard InChI is InChI=1S/C47H54N2/c1-32-16-15-20-39-41(32)42-38-19-11-12-21-40(38)44(2)30-13-14-31-45(44,3)46(42,4)43(39)47(33-17-9-10-18-33,34-22-26-36(27-23-34)48(5)6)35-24-28-37(29-25-35)49(7)8/h9-17,19-31,38-43H,18H2,1-8H3. The van der Waals surface area contributed by atoms with Gasteiger partial charge in [-0.3, -0.25) is 0 Å². The summed E-state index contributed by atoms with van der Waals surface area (Å²) in [7, 11) is 8.60. The second kappa shape index (κ2) is 11.2. The molecule has 9 atom stereocenters. The van der Waals surface area contributed by atoms with Gasteiger partial charge >= 0.3 is 0 Å². The van der Waals surface area contributed by atoms with E-state index >= 15 is 0 Å². The molecule has 6 aliphatic rings. The van der Waals surface area contributed by atoms with Gasteiger partial charge in [0.15, 0.2) is 0 Å². The molecule has 0 spiro atoms. The van der Waals surface area contributed by atoms with Gasteiger partial charge in [0.05, 0.1) is 0 Å². The average molecular weight is 647 g/mol. The molecule has 0 saturated heterocycles. The number of nitrogens with zero attached hydrogens (tertiary/aromatic N) is 2. The highest BCUT2D eigenvalue weighted by Gasteiger charge is 2.77. The lowest BCUT2D eigenvalue weighted by molar-refractivity contribution is -0.147. The molecule has 2 saturated carbocycles. The molecule has 252 valence electrons. The summed E-state index contributed by atoms with van der Waals surface area (Å²) in [6, 6.07) is 19.3. The Bertz CT molecular complexity index is 1820. The molecule has 0 bridgehead atoms. The van der Waals surface area contributed by atoms with E-state index in [0.717, 1.165) is 6.42 Å². The predicted molar refractivity (Wildman–Crippen MR) is 209 cm³/mol.